The van der Waals surface area contributed by atoms with Crippen LogP contribution in [0.5, 0.6) is 0 Å². The van der Waals surface area contributed by atoms with Gasteiger partial charge in [-0.05, 0) is 33.6 Å². The van der Waals surface area contributed by atoms with Gasteiger partial charge in [-0.15, -0.1) is 0 Å². The number of aromatic amines is 1. The minimum atomic E-state index is -0.550. The number of ether oxygens (including phenoxy) is 1. The average Bonchev–Trinajstić information content (AvgIpc) is 3.17. The van der Waals surface area contributed by atoms with E-state index < -0.39 is 5.60 Å². The largest absolute Gasteiger partial charge is 0.444 e. The van der Waals surface area contributed by atoms with Gasteiger partial charge in [0.05, 0.1) is 5.69 Å². The molecule has 0 atom stereocenters. The monoisotopic (exact) mass is 451 g/mol. The van der Waals surface area contributed by atoms with Crippen molar-refractivity contribution < 1.29 is 14.3 Å². The van der Waals surface area contributed by atoms with Crippen LogP contribution >= 0.6 is 0 Å². The van der Waals surface area contributed by atoms with Gasteiger partial charge in [-0.1, -0.05) is 30.3 Å². The first kappa shape index (κ1) is 22.6. The number of nitrogens with zero attached hydrogens (tertiary/aromatic N) is 3. The number of nitrogens with one attached hydrogen (secondary N) is 2. The fourth-order valence-electron chi connectivity index (χ4n) is 4.18. The molecule has 9 nitrogen and oxygen atoms in total. The highest BCUT2D eigenvalue weighted by Gasteiger charge is 2.30. The van der Waals surface area contributed by atoms with Gasteiger partial charge in [0.25, 0.3) is 11.5 Å². The molecular weight excluding hydrogens is 422 g/mol. The number of H-pyrrole nitrogens is 1. The molecule has 9 heteroatoms. The SMILES string of the molecule is CNC(=O)c1c(-c2ccccc2)nn2c(C3CCN(C(=O)OC(C)(C)C)CC3)cc(=O)[nH]c12. The van der Waals surface area contributed by atoms with Crippen LogP contribution in [0.25, 0.3) is 16.9 Å². The summed E-state index contributed by atoms with van der Waals surface area (Å²) in [5.41, 5.74) is 1.86. The molecule has 4 rings (SSSR count). The maximum absolute atomic E-state index is 12.8. The van der Waals surface area contributed by atoms with Crippen LogP contribution in [0.2, 0.25) is 0 Å². The van der Waals surface area contributed by atoms with Crippen molar-refractivity contribution >= 4 is 17.6 Å². The summed E-state index contributed by atoms with van der Waals surface area (Å²) < 4.78 is 7.15. The lowest BCUT2D eigenvalue weighted by Gasteiger charge is -2.33. The molecule has 3 heterocycles. The zero-order valence-electron chi connectivity index (χ0n) is 19.3. The first-order valence-corrected chi connectivity index (χ1v) is 11.1. The van der Waals surface area contributed by atoms with E-state index in [1.807, 2.05) is 51.1 Å². The number of amides is 2. The van der Waals surface area contributed by atoms with Crippen molar-refractivity contribution in [3.63, 3.8) is 0 Å². The smallest absolute Gasteiger partial charge is 0.410 e. The van der Waals surface area contributed by atoms with E-state index in [1.54, 1.807) is 16.5 Å². The van der Waals surface area contributed by atoms with Gasteiger partial charge in [-0.25, -0.2) is 9.31 Å². The summed E-state index contributed by atoms with van der Waals surface area (Å²) in [6.45, 7) is 6.57. The summed E-state index contributed by atoms with van der Waals surface area (Å²) in [6, 6.07) is 10.9. The van der Waals surface area contributed by atoms with E-state index in [2.05, 4.69) is 10.3 Å². The molecule has 33 heavy (non-hydrogen) atoms. The number of likely N-dealkylation sites (tertiary alicyclic amines) is 1. The maximum atomic E-state index is 12.8. The number of hydrogen-bond acceptors (Lipinski definition) is 5. The highest BCUT2D eigenvalue weighted by molar-refractivity contribution is 6.05. The summed E-state index contributed by atoms with van der Waals surface area (Å²) in [5, 5.41) is 7.40. The van der Waals surface area contributed by atoms with E-state index in [1.165, 1.54) is 6.07 Å². The average molecular weight is 452 g/mol. The van der Waals surface area contributed by atoms with Crippen molar-refractivity contribution in [1.82, 2.24) is 24.8 Å². The molecule has 0 saturated carbocycles. The molecule has 1 fully saturated rings. The third kappa shape index (κ3) is 4.62. The minimum Gasteiger partial charge on any atom is -0.444 e. The molecule has 0 aliphatic carbocycles. The quantitative estimate of drug-likeness (QED) is 0.636. The maximum Gasteiger partial charge on any atom is 0.410 e. The summed E-state index contributed by atoms with van der Waals surface area (Å²) in [5.74, 6) is -0.314. The molecule has 2 amide bonds. The molecule has 0 bridgehead atoms. The van der Waals surface area contributed by atoms with E-state index >= 15 is 0 Å². The molecule has 1 aromatic carbocycles. The summed E-state index contributed by atoms with van der Waals surface area (Å²) in [4.78, 5) is 42.3. The number of benzene rings is 1. The van der Waals surface area contributed by atoms with Gasteiger partial charge in [0, 0.05) is 37.7 Å². The topological polar surface area (TPSA) is 109 Å². The van der Waals surface area contributed by atoms with Crippen molar-refractivity contribution in [3.8, 4) is 11.3 Å². The Hall–Kier alpha value is -3.62. The molecule has 0 spiro atoms. The first-order valence-electron chi connectivity index (χ1n) is 11.1. The molecule has 1 saturated heterocycles. The van der Waals surface area contributed by atoms with Crippen molar-refractivity contribution in [2.24, 2.45) is 0 Å². The standard InChI is InChI=1S/C24H29N5O4/c1-24(2,3)33-23(32)28-12-10-15(11-13-28)17-14-18(30)26-21-19(22(31)25-4)20(27-29(17)21)16-8-6-5-7-9-16/h5-9,14-15H,10-13H2,1-4H3,(H,25,31)(H,26,30). The second-order valence-electron chi connectivity index (χ2n) is 9.23. The molecular formula is C24H29N5O4. The Morgan fingerprint density at radius 3 is 2.42 bits per heavy atom. The Morgan fingerprint density at radius 2 is 1.82 bits per heavy atom. The summed E-state index contributed by atoms with van der Waals surface area (Å²) in [6.07, 6.45) is 0.991. The first-order chi connectivity index (χ1) is 15.7. The summed E-state index contributed by atoms with van der Waals surface area (Å²) in [7, 11) is 1.55. The number of rotatable bonds is 3. The highest BCUT2D eigenvalue weighted by Crippen LogP contribution is 2.31. The molecule has 1 aliphatic heterocycles. The summed E-state index contributed by atoms with van der Waals surface area (Å²) >= 11 is 0. The lowest BCUT2D eigenvalue weighted by atomic mass is 9.93. The van der Waals surface area contributed by atoms with Gasteiger partial charge in [-0.3, -0.25) is 9.59 Å². The Morgan fingerprint density at radius 1 is 1.15 bits per heavy atom. The Balaban J connectivity index is 1.71. The van der Waals surface area contributed by atoms with Crippen molar-refractivity contribution in [2.75, 3.05) is 20.1 Å². The molecule has 174 valence electrons. The third-order valence-corrected chi connectivity index (χ3v) is 5.72. The predicted molar refractivity (Wildman–Crippen MR) is 124 cm³/mol. The van der Waals surface area contributed by atoms with E-state index in [0.29, 0.717) is 42.8 Å². The molecule has 2 aromatic heterocycles. The van der Waals surface area contributed by atoms with E-state index in [4.69, 9.17) is 9.84 Å². The van der Waals surface area contributed by atoms with Crippen molar-refractivity contribution in [3.05, 3.63) is 58.0 Å². The second kappa shape index (κ2) is 8.73. The van der Waals surface area contributed by atoms with Gasteiger partial charge in [0.15, 0.2) is 0 Å². The minimum absolute atomic E-state index is 0.00884. The lowest BCUT2D eigenvalue weighted by molar-refractivity contribution is 0.0203. The van der Waals surface area contributed by atoms with Crippen molar-refractivity contribution in [2.45, 2.75) is 45.1 Å². The van der Waals surface area contributed by atoms with Crippen LogP contribution in [0.4, 0.5) is 4.79 Å². The zero-order chi connectivity index (χ0) is 23.8. The third-order valence-electron chi connectivity index (χ3n) is 5.72. The van der Waals surface area contributed by atoms with E-state index in [9.17, 15) is 14.4 Å². The van der Waals surface area contributed by atoms with Crippen LogP contribution in [-0.4, -0.2) is 57.2 Å². The van der Waals surface area contributed by atoms with Crippen LogP contribution in [-0.2, 0) is 4.74 Å². The van der Waals surface area contributed by atoms with Crippen LogP contribution in [0.15, 0.2) is 41.2 Å². The van der Waals surface area contributed by atoms with Gasteiger partial charge in [0.2, 0.25) is 0 Å². The van der Waals surface area contributed by atoms with E-state index in [-0.39, 0.29) is 23.5 Å². The number of piperidine rings is 1. The molecule has 3 aromatic rings. The fraction of sp³-hybridized carbons (Fsp3) is 0.417. The molecule has 0 unspecified atom stereocenters. The van der Waals surface area contributed by atoms with Gasteiger partial charge in [0.1, 0.15) is 22.5 Å². The van der Waals surface area contributed by atoms with Crippen molar-refractivity contribution in [1.29, 1.82) is 0 Å². The van der Waals surface area contributed by atoms with Gasteiger partial charge >= 0.3 is 6.09 Å². The Labute approximate surface area is 191 Å². The predicted octanol–water partition coefficient (Wildman–Crippen LogP) is 3.16. The van der Waals surface area contributed by atoms with Crippen LogP contribution in [0.3, 0.4) is 0 Å². The lowest BCUT2D eigenvalue weighted by Crippen LogP contribution is -2.41. The molecule has 0 radical (unpaired) electrons. The molecule has 2 N–H and O–H groups in total. The number of hydrogen-bond donors (Lipinski definition) is 2. The van der Waals surface area contributed by atoms with Gasteiger partial charge < -0.3 is 19.9 Å². The molecule has 1 aliphatic rings. The number of fused-ring (bicyclic) bond motifs is 1. The second-order valence-corrected chi connectivity index (χ2v) is 9.23. The zero-order valence-corrected chi connectivity index (χ0v) is 19.3. The fourth-order valence-corrected chi connectivity index (χ4v) is 4.18. The number of carbonyl (C=O) groups excluding carboxylic acids is 2. The van der Waals surface area contributed by atoms with Gasteiger partial charge in [-0.2, -0.15) is 5.10 Å². The number of aromatic nitrogens is 3. The Bertz CT molecular complexity index is 1230. The van der Waals surface area contributed by atoms with E-state index in [0.717, 1.165) is 11.3 Å². The normalized spacial score (nSPS) is 15.0. The number of carbonyl (C=O) groups is 2. The van der Waals surface area contributed by atoms with Crippen LogP contribution in [0.1, 0.15) is 55.6 Å². The highest BCUT2D eigenvalue weighted by atomic mass is 16.6. The van der Waals surface area contributed by atoms with Crippen LogP contribution in [0, 0.1) is 0 Å². The Kier molecular flexibility index (Phi) is 5.97. The van der Waals surface area contributed by atoms with Crippen LogP contribution < -0.4 is 10.9 Å².